The van der Waals surface area contributed by atoms with Gasteiger partial charge < -0.3 is 9.84 Å². The summed E-state index contributed by atoms with van der Waals surface area (Å²) in [6.45, 7) is 1.70. The Kier molecular flexibility index (Phi) is 6.15. The lowest BCUT2D eigenvalue weighted by Gasteiger charge is -2.26. The van der Waals surface area contributed by atoms with E-state index in [1.807, 2.05) is 0 Å². The fourth-order valence-corrected chi connectivity index (χ4v) is 5.60. The lowest BCUT2D eigenvalue weighted by atomic mass is 9.96. The predicted octanol–water partition coefficient (Wildman–Crippen LogP) is 4.68. The number of hydrogen-bond donors (Lipinski definition) is 2. The molecule has 11 heteroatoms. The molecule has 0 unspecified atom stereocenters. The Morgan fingerprint density at radius 3 is 2.56 bits per heavy atom. The molecule has 0 atom stereocenters. The van der Waals surface area contributed by atoms with Crippen LogP contribution in [0.4, 0.5) is 5.69 Å². The van der Waals surface area contributed by atoms with E-state index in [1.165, 1.54) is 24.3 Å². The number of rotatable bonds is 6. The summed E-state index contributed by atoms with van der Waals surface area (Å²) in [5.41, 5.74) is -0.211. The van der Waals surface area contributed by atoms with Gasteiger partial charge in [-0.15, -0.1) is 0 Å². The zero-order valence-corrected chi connectivity index (χ0v) is 19.4. The first-order valence-corrected chi connectivity index (χ1v) is 12.1. The maximum Gasteiger partial charge on any atom is 0.263 e. The van der Waals surface area contributed by atoms with Crippen molar-refractivity contribution in [3.05, 3.63) is 69.8 Å². The standard InChI is InChI=1S/C21H20Cl2N4O4S/c1-13-24-20(26-31-13)21(9-2-3-10-21)25-19(28)14-5-4-6-16(11-14)27-32(29,30)18-12-15(22)7-8-17(18)23/h4-8,11-12,27H,2-3,9-10H2,1H3,(H,25,28). The first-order chi connectivity index (χ1) is 15.2. The summed E-state index contributed by atoms with van der Waals surface area (Å²) in [7, 11) is -4.01. The van der Waals surface area contributed by atoms with Gasteiger partial charge in [0.05, 0.1) is 5.02 Å². The highest BCUT2D eigenvalue weighted by Crippen LogP contribution is 2.37. The van der Waals surface area contributed by atoms with Gasteiger partial charge in [-0.2, -0.15) is 4.98 Å². The Morgan fingerprint density at radius 2 is 1.88 bits per heavy atom. The second kappa shape index (κ2) is 8.73. The summed E-state index contributed by atoms with van der Waals surface area (Å²) in [6, 6.07) is 10.4. The molecule has 8 nitrogen and oxygen atoms in total. The Hall–Kier alpha value is -2.62. The van der Waals surface area contributed by atoms with Crippen LogP contribution in [0.1, 0.15) is 47.8 Å². The fraction of sp³-hybridized carbons (Fsp3) is 0.286. The number of benzene rings is 2. The first kappa shape index (κ1) is 22.6. The van der Waals surface area contributed by atoms with Crippen LogP contribution >= 0.6 is 23.2 Å². The molecule has 168 valence electrons. The van der Waals surface area contributed by atoms with E-state index >= 15 is 0 Å². The van der Waals surface area contributed by atoms with Crippen molar-refractivity contribution in [2.24, 2.45) is 0 Å². The van der Waals surface area contributed by atoms with Crippen molar-refractivity contribution in [3.8, 4) is 0 Å². The van der Waals surface area contributed by atoms with E-state index in [0.717, 1.165) is 12.8 Å². The SMILES string of the molecule is Cc1nc(C2(NC(=O)c3cccc(NS(=O)(=O)c4cc(Cl)ccc4Cl)c3)CCCC2)no1. The van der Waals surface area contributed by atoms with Gasteiger partial charge in [0, 0.05) is 23.2 Å². The maximum absolute atomic E-state index is 13.1. The third-order valence-corrected chi connectivity index (χ3v) is 7.42. The molecule has 0 saturated heterocycles. The molecular weight excluding hydrogens is 475 g/mol. The van der Waals surface area contributed by atoms with Crippen LogP contribution in [-0.2, 0) is 15.6 Å². The van der Waals surface area contributed by atoms with Crippen molar-refractivity contribution in [2.45, 2.75) is 43.0 Å². The molecule has 1 heterocycles. The summed E-state index contributed by atoms with van der Waals surface area (Å²) < 4.78 is 33.1. The Morgan fingerprint density at radius 1 is 1.12 bits per heavy atom. The average Bonchev–Trinajstić information content (AvgIpc) is 3.39. The summed E-state index contributed by atoms with van der Waals surface area (Å²) in [4.78, 5) is 17.2. The van der Waals surface area contributed by atoms with Gasteiger partial charge >= 0.3 is 0 Å². The van der Waals surface area contributed by atoms with Crippen LogP contribution in [0.15, 0.2) is 51.9 Å². The van der Waals surface area contributed by atoms with Crippen LogP contribution in [0.3, 0.4) is 0 Å². The summed E-state index contributed by atoms with van der Waals surface area (Å²) in [5.74, 6) is 0.515. The summed E-state index contributed by atoms with van der Waals surface area (Å²) in [5, 5.41) is 7.33. The highest BCUT2D eigenvalue weighted by Gasteiger charge is 2.41. The van der Waals surface area contributed by atoms with Gasteiger partial charge in [-0.1, -0.05) is 47.3 Å². The third-order valence-electron chi connectivity index (χ3n) is 5.33. The number of aromatic nitrogens is 2. The third kappa shape index (κ3) is 4.60. The van der Waals surface area contributed by atoms with Crippen LogP contribution < -0.4 is 10.0 Å². The predicted molar refractivity (Wildman–Crippen MR) is 120 cm³/mol. The van der Waals surface area contributed by atoms with Crippen molar-refractivity contribution in [2.75, 3.05) is 4.72 Å². The number of amides is 1. The van der Waals surface area contributed by atoms with Crippen LogP contribution in [0, 0.1) is 6.92 Å². The monoisotopic (exact) mass is 494 g/mol. The quantitative estimate of drug-likeness (QED) is 0.513. The van der Waals surface area contributed by atoms with Crippen molar-refractivity contribution in [1.82, 2.24) is 15.5 Å². The van der Waals surface area contributed by atoms with Crippen molar-refractivity contribution >= 4 is 44.8 Å². The molecule has 2 aromatic carbocycles. The minimum Gasteiger partial charge on any atom is -0.340 e. The number of halogens is 2. The van der Waals surface area contributed by atoms with Crippen LogP contribution in [0.2, 0.25) is 10.0 Å². The lowest BCUT2D eigenvalue weighted by molar-refractivity contribution is 0.0892. The van der Waals surface area contributed by atoms with Crippen molar-refractivity contribution < 1.29 is 17.7 Å². The lowest BCUT2D eigenvalue weighted by Crippen LogP contribution is -2.44. The molecule has 0 aliphatic heterocycles. The van der Waals surface area contributed by atoms with Crippen LogP contribution in [0.5, 0.6) is 0 Å². The molecule has 0 bridgehead atoms. The molecule has 0 radical (unpaired) electrons. The highest BCUT2D eigenvalue weighted by molar-refractivity contribution is 7.92. The number of carbonyl (C=O) groups excluding carboxylic acids is 1. The van der Waals surface area contributed by atoms with E-state index in [2.05, 4.69) is 20.2 Å². The number of hydrogen-bond acceptors (Lipinski definition) is 6. The number of sulfonamides is 1. The Balaban J connectivity index is 1.57. The average molecular weight is 495 g/mol. The molecule has 32 heavy (non-hydrogen) atoms. The molecule has 4 rings (SSSR count). The summed E-state index contributed by atoms with van der Waals surface area (Å²) >= 11 is 12.0. The van der Waals surface area contributed by atoms with Gasteiger partial charge in [0.2, 0.25) is 5.89 Å². The first-order valence-electron chi connectivity index (χ1n) is 9.90. The second-order valence-electron chi connectivity index (χ2n) is 7.64. The number of carbonyl (C=O) groups is 1. The summed E-state index contributed by atoms with van der Waals surface area (Å²) in [6.07, 6.45) is 3.23. The smallest absolute Gasteiger partial charge is 0.263 e. The number of aryl methyl sites for hydroxylation is 1. The van der Waals surface area contributed by atoms with E-state index in [0.29, 0.717) is 24.6 Å². The minimum absolute atomic E-state index is 0.0365. The van der Waals surface area contributed by atoms with E-state index in [9.17, 15) is 13.2 Å². The van der Waals surface area contributed by atoms with Gasteiger partial charge in [-0.3, -0.25) is 9.52 Å². The van der Waals surface area contributed by atoms with E-state index in [4.69, 9.17) is 27.7 Å². The van der Waals surface area contributed by atoms with Crippen molar-refractivity contribution in [3.63, 3.8) is 0 Å². The second-order valence-corrected chi connectivity index (χ2v) is 10.1. The van der Waals surface area contributed by atoms with Crippen molar-refractivity contribution in [1.29, 1.82) is 0 Å². The molecule has 1 saturated carbocycles. The normalized spacial score (nSPS) is 15.5. The molecule has 3 aromatic rings. The molecule has 1 aliphatic rings. The zero-order chi connectivity index (χ0) is 22.9. The highest BCUT2D eigenvalue weighted by atomic mass is 35.5. The van der Waals surface area contributed by atoms with E-state index in [-0.39, 0.29) is 32.1 Å². The maximum atomic E-state index is 13.1. The topological polar surface area (TPSA) is 114 Å². The number of nitrogens with zero attached hydrogens (tertiary/aromatic N) is 2. The van der Waals surface area contributed by atoms with Crippen LogP contribution in [-0.4, -0.2) is 24.5 Å². The fourth-order valence-electron chi connectivity index (χ4n) is 3.78. The zero-order valence-electron chi connectivity index (χ0n) is 17.1. The van der Waals surface area contributed by atoms with Crippen LogP contribution in [0.25, 0.3) is 0 Å². The van der Waals surface area contributed by atoms with Gasteiger partial charge in [0.1, 0.15) is 10.4 Å². The molecule has 1 aliphatic carbocycles. The molecular formula is C21H20Cl2N4O4S. The van der Waals surface area contributed by atoms with E-state index in [1.54, 1.807) is 25.1 Å². The molecule has 1 amide bonds. The van der Waals surface area contributed by atoms with E-state index < -0.39 is 15.6 Å². The van der Waals surface area contributed by atoms with Gasteiger partial charge in [0.25, 0.3) is 15.9 Å². The molecule has 2 N–H and O–H groups in total. The number of nitrogens with one attached hydrogen (secondary N) is 2. The molecule has 0 spiro atoms. The Bertz CT molecular complexity index is 1270. The molecule has 1 fully saturated rings. The van der Waals surface area contributed by atoms with Gasteiger partial charge in [-0.25, -0.2) is 8.42 Å². The van der Waals surface area contributed by atoms with Gasteiger partial charge in [-0.05, 0) is 49.2 Å². The Labute approximate surface area is 195 Å². The largest absolute Gasteiger partial charge is 0.340 e. The minimum atomic E-state index is -4.01. The molecule has 1 aromatic heterocycles. The number of anilines is 1. The van der Waals surface area contributed by atoms with Gasteiger partial charge in [0.15, 0.2) is 5.82 Å².